The van der Waals surface area contributed by atoms with Gasteiger partial charge in [0.1, 0.15) is 0 Å². The third-order valence-electron chi connectivity index (χ3n) is 12.1. The number of benzene rings is 8. The predicted molar refractivity (Wildman–Crippen MR) is 245 cm³/mol. The Bertz CT molecular complexity index is 3240. The lowest BCUT2D eigenvalue weighted by atomic mass is 9.82. The first kappa shape index (κ1) is 34.7. The van der Waals surface area contributed by atoms with Crippen molar-refractivity contribution in [2.75, 3.05) is 0 Å². The Kier molecular flexibility index (Phi) is 8.16. The fraction of sp³-hybridized carbons (Fsp3) is 0.0536. The zero-order valence-corrected chi connectivity index (χ0v) is 32.9. The van der Waals surface area contributed by atoms with E-state index in [0.29, 0.717) is 5.82 Å². The summed E-state index contributed by atoms with van der Waals surface area (Å²) < 4.78 is 0. The van der Waals surface area contributed by atoms with Gasteiger partial charge in [-0.3, -0.25) is 0 Å². The number of fused-ring (bicyclic) bond motifs is 5. The van der Waals surface area contributed by atoms with E-state index in [0.717, 1.165) is 66.9 Å². The van der Waals surface area contributed by atoms with Crippen molar-refractivity contribution in [1.29, 1.82) is 0 Å². The zero-order chi connectivity index (χ0) is 39.5. The first-order chi connectivity index (χ1) is 29.0. The van der Waals surface area contributed by atoms with Crippen LogP contribution < -0.4 is 0 Å². The summed E-state index contributed by atoms with van der Waals surface area (Å²) >= 11 is 0. The molecule has 2 heterocycles. The van der Waals surface area contributed by atoms with E-state index in [1.165, 1.54) is 38.6 Å². The molecule has 0 N–H and O–H groups in total. The molecule has 3 nitrogen and oxygen atoms in total. The number of aromatic nitrogens is 3. The van der Waals surface area contributed by atoms with Crippen molar-refractivity contribution < 1.29 is 0 Å². The molecule has 278 valence electrons. The summed E-state index contributed by atoms with van der Waals surface area (Å²) in [5.74, 6) is 0.679. The summed E-state index contributed by atoms with van der Waals surface area (Å²) in [6.07, 6.45) is 0. The summed E-state index contributed by atoms with van der Waals surface area (Å²) in [5.41, 5.74) is 17.4. The van der Waals surface area contributed by atoms with E-state index in [4.69, 9.17) is 15.0 Å². The van der Waals surface area contributed by atoms with E-state index in [2.05, 4.69) is 208 Å². The van der Waals surface area contributed by atoms with Gasteiger partial charge in [-0.15, -0.1) is 0 Å². The van der Waals surface area contributed by atoms with Crippen LogP contribution in [0.2, 0.25) is 0 Å². The Morgan fingerprint density at radius 3 is 1.73 bits per heavy atom. The summed E-state index contributed by atoms with van der Waals surface area (Å²) in [5, 5.41) is 3.53. The molecule has 0 saturated heterocycles. The van der Waals surface area contributed by atoms with Gasteiger partial charge in [0.25, 0.3) is 0 Å². The standard InChI is InChI=1S/C56H39N3/c1-56(2)49-26-12-11-25-45(49)47-32-48-46(33-51(57-54(48)34-50(47)56)43-28-27-37-17-9-10-20-39(37)30-43)41-22-14-24-44(31-41)55-58-52(38-18-7-4-8-19-38)35-53(59-55)42-23-13-21-40(29-42)36-15-5-3-6-16-36/h3-35H,1-2H3. The molecule has 0 aliphatic heterocycles. The van der Waals surface area contributed by atoms with Gasteiger partial charge in [0.2, 0.25) is 0 Å². The van der Waals surface area contributed by atoms with Crippen molar-refractivity contribution in [3.8, 4) is 78.5 Å². The molecule has 1 aliphatic rings. The second-order valence-corrected chi connectivity index (χ2v) is 16.1. The molecule has 0 saturated carbocycles. The van der Waals surface area contributed by atoms with Crippen LogP contribution in [0.1, 0.15) is 25.0 Å². The smallest absolute Gasteiger partial charge is 0.160 e. The molecule has 59 heavy (non-hydrogen) atoms. The fourth-order valence-electron chi connectivity index (χ4n) is 8.95. The number of hydrogen-bond donors (Lipinski definition) is 0. The molecule has 2 aromatic heterocycles. The van der Waals surface area contributed by atoms with Gasteiger partial charge in [0.05, 0.1) is 22.6 Å². The third kappa shape index (κ3) is 6.11. The van der Waals surface area contributed by atoms with E-state index in [9.17, 15) is 0 Å². The first-order valence-electron chi connectivity index (χ1n) is 20.3. The highest BCUT2D eigenvalue weighted by atomic mass is 14.9. The van der Waals surface area contributed by atoms with Crippen molar-refractivity contribution >= 4 is 21.7 Å². The monoisotopic (exact) mass is 753 g/mol. The van der Waals surface area contributed by atoms with Gasteiger partial charge in [-0.25, -0.2) is 15.0 Å². The normalized spacial score (nSPS) is 12.7. The number of rotatable bonds is 6. The summed E-state index contributed by atoms with van der Waals surface area (Å²) in [6.45, 7) is 4.66. The van der Waals surface area contributed by atoms with Crippen LogP contribution in [0.15, 0.2) is 200 Å². The maximum absolute atomic E-state index is 5.42. The second kappa shape index (κ2) is 13.9. The van der Waals surface area contributed by atoms with Gasteiger partial charge in [-0.2, -0.15) is 0 Å². The Balaban J connectivity index is 1.11. The molecule has 0 atom stereocenters. The minimum Gasteiger partial charge on any atom is -0.248 e. The Labute approximate surface area is 344 Å². The quantitative estimate of drug-likeness (QED) is 0.170. The second-order valence-electron chi connectivity index (χ2n) is 16.1. The Morgan fingerprint density at radius 1 is 0.322 bits per heavy atom. The molecule has 8 aromatic carbocycles. The molecular weight excluding hydrogens is 715 g/mol. The lowest BCUT2D eigenvalue weighted by Crippen LogP contribution is -2.14. The van der Waals surface area contributed by atoms with Crippen molar-refractivity contribution in [2.24, 2.45) is 0 Å². The Morgan fingerprint density at radius 2 is 0.915 bits per heavy atom. The lowest BCUT2D eigenvalue weighted by molar-refractivity contribution is 0.661. The van der Waals surface area contributed by atoms with Crippen molar-refractivity contribution in [1.82, 2.24) is 15.0 Å². The highest BCUT2D eigenvalue weighted by molar-refractivity contribution is 6.02. The van der Waals surface area contributed by atoms with E-state index >= 15 is 0 Å². The highest BCUT2D eigenvalue weighted by Crippen LogP contribution is 2.50. The maximum atomic E-state index is 5.42. The predicted octanol–water partition coefficient (Wildman–Crippen LogP) is 14.5. The average Bonchev–Trinajstić information content (AvgIpc) is 3.53. The van der Waals surface area contributed by atoms with Crippen LogP contribution in [0.25, 0.3) is 100 Å². The third-order valence-corrected chi connectivity index (χ3v) is 12.1. The first-order valence-corrected chi connectivity index (χ1v) is 20.3. The minimum atomic E-state index is -0.139. The van der Waals surface area contributed by atoms with Gasteiger partial charge in [-0.1, -0.05) is 172 Å². The number of hydrogen-bond acceptors (Lipinski definition) is 3. The lowest BCUT2D eigenvalue weighted by Gasteiger charge is -2.22. The maximum Gasteiger partial charge on any atom is 0.160 e. The summed E-state index contributed by atoms with van der Waals surface area (Å²) in [4.78, 5) is 15.9. The molecule has 11 rings (SSSR count). The van der Waals surface area contributed by atoms with Gasteiger partial charge in [-0.05, 0) is 97.7 Å². The topological polar surface area (TPSA) is 38.7 Å². The van der Waals surface area contributed by atoms with Gasteiger partial charge < -0.3 is 0 Å². The SMILES string of the molecule is CC1(C)c2ccccc2-c2cc3c(-c4cccc(-c5nc(-c6ccccc6)cc(-c6cccc(-c7ccccc7)c6)n5)c4)cc(-c4ccc5ccccc5c4)nc3cc21. The largest absolute Gasteiger partial charge is 0.248 e. The Hall–Kier alpha value is -7.49. The summed E-state index contributed by atoms with van der Waals surface area (Å²) in [7, 11) is 0. The molecule has 3 heteroatoms. The molecular formula is C56H39N3. The van der Waals surface area contributed by atoms with Gasteiger partial charge in [0, 0.05) is 33.1 Å². The van der Waals surface area contributed by atoms with Crippen LogP contribution in [0.3, 0.4) is 0 Å². The molecule has 0 fully saturated rings. The van der Waals surface area contributed by atoms with E-state index in [-0.39, 0.29) is 5.41 Å². The van der Waals surface area contributed by atoms with E-state index in [1.54, 1.807) is 0 Å². The average molecular weight is 754 g/mol. The molecule has 10 aromatic rings. The molecule has 0 radical (unpaired) electrons. The minimum absolute atomic E-state index is 0.139. The molecule has 0 spiro atoms. The molecule has 0 bridgehead atoms. The van der Waals surface area contributed by atoms with Crippen LogP contribution in [-0.4, -0.2) is 15.0 Å². The molecule has 1 aliphatic carbocycles. The molecule has 0 amide bonds. The van der Waals surface area contributed by atoms with E-state index < -0.39 is 0 Å². The van der Waals surface area contributed by atoms with Crippen molar-refractivity contribution in [2.45, 2.75) is 19.3 Å². The van der Waals surface area contributed by atoms with Crippen molar-refractivity contribution in [3.05, 3.63) is 211 Å². The molecule has 0 unspecified atom stereocenters. The van der Waals surface area contributed by atoms with Crippen LogP contribution in [-0.2, 0) is 5.41 Å². The van der Waals surface area contributed by atoms with Gasteiger partial charge in [0.15, 0.2) is 5.82 Å². The van der Waals surface area contributed by atoms with Gasteiger partial charge >= 0.3 is 0 Å². The highest BCUT2D eigenvalue weighted by Gasteiger charge is 2.36. The number of nitrogens with zero attached hydrogens (tertiary/aromatic N) is 3. The van der Waals surface area contributed by atoms with Crippen LogP contribution >= 0.6 is 0 Å². The van der Waals surface area contributed by atoms with Crippen LogP contribution in [0, 0.1) is 0 Å². The van der Waals surface area contributed by atoms with Crippen LogP contribution in [0.4, 0.5) is 0 Å². The van der Waals surface area contributed by atoms with Crippen LogP contribution in [0.5, 0.6) is 0 Å². The fourth-order valence-corrected chi connectivity index (χ4v) is 8.95. The van der Waals surface area contributed by atoms with E-state index in [1.807, 2.05) is 6.07 Å². The zero-order valence-electron chi connectivity index (χ0n) is 32.9. The summed E-state index contributed by atoms with van der Waals surface area (Å²) in [6, 6.07) is 71.3. The number of pyridine rings is 1. The van der Waals surface area contributed by atoms with Crippen molar-refractivity contribution in [3.63, 3.8) is 0 Å².